The molecule has 1 aromatic carbocycles. The van der Waals surface area contributed by atoms with Gasteiger partial charge in [0, 0.05) is 36.7 Å². The second-order valence-electron chi connectivity index (χ2n) is 7.15. The lowest BCUT2D eigenvalue weighted by atomic mass is 9.89. The van der Waals surface area contributed by atoms with Crippen LogP contribution in [0.5, 0.6) is 5.75 Å². The number of likely N-dealkylation sites (tertiary alicyclic amines) is 1. The Labute approximate surface area is 158 Å². The van der Waals surface area contributed by atoms with E-state index in [2.05, 4.69) is 21.4 Å². The predicted octanol–water partition coefficient (Wildman–Crippen LogP) is 2.96. The highest BCUT2D eigenvalue weighted by Crippen LogP contribution is 2.35. The molecular weight excluding hydrogens is 344 g/mol. The fourth-order valence-electron chi connectivity index (χ4n) is 3.85. The van der Waals surface area contributed by atoms with Gasteiger partial charge in [-0.3, -0.25) is 9.89 Å². The van der Waals surface area contributed by atoms with Crippen LogP contribution in [0.3, 0.4) is 0 Å². The quantitative estimate of drug-likeness (QED) is 0.900. The molecule has 2 aromatic rings. The molecular formula is C20H24N4O3. The smallest absolute Gasteiger partial charge is 0.266 e. The minimum atomic E-state index is -0.443. The predicted molar refractivity (Wildman–Crippen MR) is 102 cm³/mol. The summed E-state index contributed by atoms with van der Waals surface area (Å²) in [6.07, 6.45) is 3.82. The summed E-state index contributed by atoms with van der Waals surface area (Å²) in [6, 6.07) is 8.00. The van der Waals surface area contributed by atoms with Gasteiger partial charge in [0.2, 0.25) is 6.10 Å². The second-order valence-corrected chi connectivity index (χ2v) is 7.15. The number of nitrogens with one attached hydrogen (secondary N) is 1. The number of benzene rings is 1. The number of H-pyrrole nitrogens is 1. The van der Waals surface area contributed by atoms with Gasteiger partial charge in [-0.15, -0.1) is 0 Å². The number of ether oxygens (including phenoxy) is 1. The first-order chi connectivity index (χ1) is 13.2. The molecule has 2 aliphatic rings. The van der Waals surface area contributed by atoms with Crippen LogP contribution in [0.15, 0.2) is 35.6 Å². The molecule has 142 valence electrons. The third-order valence-corrected chi connectivity index (χ3v) is 5.36. The summed E-state index contributed by atoms with van der Waals surface area (Å²) in [5.74, 6) is 1.22. The van der Waals surface area contributed by atoms with E-state index in [-0.39, 0.29) is 5.91 Å². The molecule has 1 N–H and O–H groups in total. The van der Waals surface area contributed by atoms with Gasteiger partial charge in [-0.2, -0.15) is 5.10 Å². The third-order valence-electron chi connectivity index (χ3n) is 5.36. The lowest BCUT2D eigenvalue weighted by Gasteiger charge is -2.33. The lowest BCUT2D eigenvalue weighted by Crippen LogP contribution is -2.43. The fraction of sp³-hybridized carbons (Fsp3) is 0.450. The van der Waals surface area contributed by atoms with E-state index in [0.717, 1.165) is 54.2 Å². The van der Waals surface area contributed by atoms with Crippen LogP contribution in [-0.2, 0) is 9.63 Å². The number of hydrogen-bond acceptors (Lipinski definition) is 5. The van der Waals surface area contributed by atoms with E-state index in [1.54, 1.807) is 7.11 Å². The van der Waals surface area contributed by atoms with E-state index >= 15 is 0 Å². The van der Waals surface area contributed by atoms with Gasteiger partial charge >= 0.3 is 0 Å². The monoisotopic (exact) mass is 368 g/mol. The van der Waals surface area contributed by atoms with Crippen molar-refractivity contribution in [2.45, 2.75) is 38.2 Å². The summed E-state index contributed by atoms with van der Waals surface area (Å²) in [6.45, 7) is 3.33. The van der Waals surface area contributed by atoms with E-state index in [1.807, 2.05) is 36.2 Å². The molecule has 27 heavy (non-hydrogen) atoms. The van der Waals surface area contributed by atoms with Gasteiger partial charge in [0.1, 0.15) is 5.75 Å². The van der Waals surface area contributed by atoms with Crippen molar-refractivity contribution in [2.24, 2.45) is 5.16 Å². The summed E-state index contributed by atoms with van der Waals surface area (Å²) in [7, 11) is 1.67. The fourth-order valence-corrected chi connectivity index (χ4v) is 3.85. The van der Waals surface area contributed by atoms with Crippen LogP contribution in [-0.4, -0.2) is 53.0 Å². The van der Waals surface area contributed by atoms with E-state index in [4.69, 9.17) is 9.57 Å². The second kappa shape index (κ2) is 7.42. The number of methoxy groups -OCH3 is 1. The van der Waals surface area contributed by atoms with Crippen LogP contribution in [0, 0.1) is 0 Å². The normalized spacial score (nSPS) is 20.3. The van der Waals surface area contributed by atoms with Crippen molar-refractivity contribution in [2.75, 3.05) is 20.2 Å². The van der Waals surface area contributed by atoms with E-state index in [0.29, 0.717) is 12.3 Å². The molecule has 7 heteroatoms. The topological polar surface area (TPSA) is 79.8 Å². The van der Waals surface area contributed by atoms with Gasteiger partial charge in [-0.25, -0.2) is 0 Å². The first-order valence-corrected chi connectivity index (χ1v) is 9.31. The van der Waals surface area contributed by atoms with Crippen molar-refractivity contribution < 1.29 is 14.4 Å². The zero-order chi connectivity index (χ0) is 18.8. The molecule has 1 saturated heterocycles. The van der Waals surface area contributed by atoms with Crippen LogP contribution < -0.4 is 4.74 Å². The number of hydrogen-bond donors (Lipinski definition) is 1. The van der Waals surface area contributed by atoms with Crippen LogP contribution in [0.1, 0.15) is 37.8 Å². The number of carbonyl (C=O) groups excluding carboxylic acids is 1. The van der Waals surface area contributed by atoms with E-state index in [1.165, 1.54) is 0 Å². The maximum Gasteiger partial charge on any atom is 0.266 e. The van der Waals surface area contributed by atoms with Crippen LogP contribution in [0.4, 0.5) is 0 Å². The molecule has 1 fully saturated rings. The number of piperidine rings is 1. The molecule has 7 nitrogen and oxygen atoms in total. The van der Waals surface area contributed by atoms with Crippen molar-refractivity contribution in [1.29, 1.82) is 0 Å². The molecule has 1 aromatic heterocycles. The summed E-state index contributed by atoms with van der Waals surface area (Å²) < 4.78 is 5.34. The Morgan fingerprint density at radius 3 is 2.85 bits per heavy atom. The Hall–Kier alpha value is -2.83. The van der Waals surface area contributed by atoms with Crippen molar-refractivity contribution in [3.05, 3.63) is 36.2 Å². The highest BCUT2D eigenvalue weighted by Gasteiger charge is 2.33. The molecule has 0 spiro atoms. The number of amides is 1. The summed E-state index contributed by atoms with van der Waals surface area (Å²) in [5, 5.41) is 11.3. The number of carbonyl (C=O) groups is 1. The number of rotatable bonds is 4. The zero-order valence-corrected chi connectivity index (χ0v) is 15.6. The minimum absolute atomic E-state index is 0.0479. The van der Waals surface area contributed by atoms with Crippen molar-refractivity contribution in [3.8, 4) is 16.9 Å². The molecule has 0 unspecified atom stereocenters. The number of nitrogens with zero attached hydrogens (tertiary/aromatic N) is 3. The molecule has 0 radical (unpaired) electrons. The van der Waals surface area contributed by atoms with Crippen LogP contribution >= 0.6 is 0 Å². The highest BCUT2D eigenvalue weighted by molar-refractivity contribution is 5.91. The van der Waals surface area contributed by atoms with Gasteiger partial charge in [-0.1, -0.05) is 17.3 Å². The number of oxime groups is 1. The number of aromatic amines is 1. The molecule has 0 saturated carbocycles. The molecule has 1 amide bonds. The Morgan fingerprint density at radius 1 is 1.33 bits per heavy atom. The first kappa shape index (κ1) is 17.6. The van der Waals surface area contributed by atoms with Gasteiger partial charge < -0.3 is 14.5 Å². The SMILES string of the molecule is COc1cccc(-c2cn[nH]c2C2CCN(C(=O)[C@@H]3CC(C)=NO3)CC2)c1. The van der Waals surface area contributed by atoms with Crippen LogP contribution in [0.2, 0.25) is 0 Å². The molecule has 2 aliphatic heterocycles. The third kappa shape index (κ3) is 3.54. The first-order valence-electron chi connectivity index (χ1n) is 9.31. The van der Waals surface area contributed by atoms with Crippen molar-refractivity contribution in [3.63, 3.8) is 0 Å². The van der Waals surface area contributed by atoms with Crippen molar-refractivity contribution >= 4 is 11.6 Å². The highest BCUT2D eigenvalue weighted by atomic mass is 16.6. The maximum absolute atomic E-state index is 12.6. The van der Waals surface area contributed by atoms with Crippen LogP contribution in [0.25, 0.3) is 11.1 Å². The Morgan fingerprint density at radius 2 is 2.15 bits per heavy atom. The minimum Gasteiger partial charge on any atom is -0.497 e. The summed E-state index contributed by atoms with van der Waals surface area (Å²) >= 11 is 0. The Bertz CT molecular complexity index is 852. The molecule has 4 rings (SSSR count). The summed E-state index contributed by atoms with van der Waals surface area (Å²) in [4.78, 5) is 19.7. The molecule has 1 atom stereocenters. The summed E-state index contributed by atoms with van der Waals surface area (Å²) in [5.41, 5.74) is 4.20. The van der Waals surface area contributed by atoms with Gasteiger partial charge in [0.15, 0.2) is 0 Å². The van der Waals surface area contributed by atoms with Gasteiger partial charge in [-0.05, 0) is 37.5 Å². The Balaban J connectivity index is 1.43. The molecule has 0 aliphatic carbocycles. The van der Waals surface area contributed by atoms with Crippen molar-refractivity contribution in [1.82, 2.24) is 15.1 Å². The van der Waals surface area contributed by atoms with E-state index in [9.17, 15) is 4.79 Å². The standard InChI is InChI=1S/C20H24N4O3/c1-13-10-18(27-23-13)20(25)24-8-6-14(7-9-24)19-17(12-21-22-19)15-4-3-5-16(11-15)26-2/h3-5,11-12,14,18H,6-10H2,1-2H3,(H,21,22)/t18-/m0/s1. The largest absolute Gasteiger partial charge is 0.497 e. The number of aromatic nitrogens is 2. The molecule has 0 bridgehead atoms. The van der Waals surface area contributed by atoms with E-state index < -0.39 is 6.10 Å². The zero-order valence-electron chi connectivity index (χ0n) is 15.6. The average Bonchev–Trinajstić information content (AvgIpc) is 3.37. The molecule has 3 heterocycles. The van der Waals surface area contributed by atoms with Gasteiger partial charge in [0.25, 0.3) is 5.91 Å². The average molecular weight is 368 g/mol. The van der Waals surface area contributed by atoms with Gasteiger partial charge in [0.05, 0.1) is 19.0 Å². The Kier molecular flexibility index (Phi) is 4.83. The lowest BCUT2D eigenvalue weighted by molar-refractivity contribution is -0.143. The maximum atomic E-state index is 12.6.